The molecule has 1 heterocycles. The van der Waals surface area contributed by atoms with Crippen LogP contribution in [0.3, 0.4) is 0 Å². The first-order valence-corrected chi connectivity index (χ1v) is 6.36. The van der Waals surface area contributed by atoms with Crippen molar-refractivity contribution in [2.75, 3.05) is 20.0 Å². The maximum absolute atomic E-state index is 5.12. The molecule has 1 aromatic carbocycles. The van der Waals surface area contributed by atoms with Crippen LogP contribution in [0, 0.1) is 0 Å². The third kappa shape index (κ3) is 3.06. The number of methoxy groups -OCH3 is 2. The maximum Gasteiger partial charge on any atom is 0.214 e. The van der Waals surface area contributed by atoms with E-state index in [1.807, 2.05) is 30.3 Å². The van der Waals surface area contributed by atoms with Gasteiger partial charge in [-0.05, 0) is 22.6 Å². The molecule has 2 rings (SSSR count). The molecule has 6 nitrogen and oxygen atoms in total. The highest BCUT2D eigenvalue weighted by molar-refractivity contribution is 7.99. The quantitative estimate of drug-likeness (QED) is 0.581. The maximum atomic E-state index is 5.12. The molecule has 0 amide bonds. The number of para-hydroxylation sites is 1. The second kappa shape index (κ2) is 6.48. The Labute approximate surface area is 109 Å². The summed E-state index contributed by atoms with van der Waals surface area (Å²) in [7, 11) is 3.21. The summed E-state index contributed by atoms with van der Waals surface area (Å²) in [5.74, 6) is 0.625. The molecular weight excluding hydrogens is 252 g/mol. The standard InChI is InChI=1S/C11H14N4O2S/c1-16-10(17-2)8-18-11-12-13-14-15(11)9-6-4-3-5-7-9/h3-7,10H,8H2,1-2H3. The molecule has 0 unspecified atom stereocenters. The third-order valence-corrected chi connectivity index (χ3v) is 3.27. The van der Waals surface area contributed by atoms with Crippen LogP contribution in [0.2, 0.25) is 0 Å². The fourth-order valence-corrected chi connectivity index (χ4v) is 2.29. The molecule has 0 saturated heterocycles. The van der Waals surface area contributed by atoms with Crippen molar-refractivity contribution in [3.63, 3.8) is 0 Å². The first-order chi connectivity index (χ1) is 8.85. The van der Waals surface area contributed by atoms with Gasteiger partial charge in [0.1, 0.15) is 0 Å². The predicted molar refractivity (Wildman–Crippen MR) is 67.7 cm³/mol. The van der Waals surface area contributed by atoms with Crippen molar-refractivity contribution in [3.05, 3.63) is 30.3 Å². The lowest BCUT2D eigenvalue weighted by Crippen LogP contribution is -2.16. The molecule has 7 heteroatoms. The van der Waals surface area contributed by atoms with E-state index in [-0.39, 0.29) is 6.29 Å². The van der Waals surface area contributed by atoms with Gasteiger partial charge in [0, 0.05) is 14.2 Å². The van der Waals surface area contributed by atoms with Crippen LogP contribution in [0.5, 0.6) is 0 Å². The molecule has 0 bridgehead atoms. The molecular formula is C11H14N4O2S. The summed E-state index contributed by atoms with van der Waals surface area (Å²) < 4.78 is 11.9. The van der Waals surface area contributed by atoms with Crippen LogP contribution in [-0.4, -0.2) is 46.5 Å². The lowest BCUT2D eigenvalue weighted by atomic mass is 10.3. The summed E-state index contributed by atoms with van der Waals surface area (Å²) in [5.41, 5.74) is 0.927. The van der Waals surface area contributed by atoms with Gasteiger partial charge in [0.05, 0.1) is 11.4 Å². The van der Waals surface area contributed by atoms with Gasteiger partial charge in [0.15, 0.2) is 6.29 Å². The largest absolute Gasteiger partial charge is 0.355 e. The van der Waals surface area contributed by atoms with Gasteiger partial charge in [-0.25, -0.2) is 0 Å². The number of hydrogen-bond acceptors (Lipinski definition) is 6. The molecule has 0 aliphatic heterocycles. The zero-order valence-corrected chi connectivity index (χ0v) is 11.0. The lowest BCUT2D eigenvalue weighted by molar-refractivity contribution is -0.0842. The number of thioether (sulfide) groups is 1. The smallest absolute Gasteiger partial charge is 0.214 e. The van der Waals surface area contributed by atoms with Crippen LogP contribution >= 0.6 is 11.8 Å². The van der Waals surface area contributed by atoms with Gasteiger partial charge in [0.25, 0.3) is 0 Å². The minimum absolute atomic E-state index is 0.268. The van der Waals surface area contributed by atoms with Gasteiger partial charge in [-0.3, -0.25) is 0 Å². The Morgan fingerprint density at radius 2 is 1.94 bits per heavy atom. The van der Waals surface area contributed by atoms with Crippen molar-refractivity contribution in [1.29, 1.82) is 0 Å². The average molecular weight is 266 g/mol. The fourth-order valence-electron chi connectivity index (χ4n) is 1.38. The van der Waals surface area contributed by atoms with Crippen molar-refractivity contribution < 1.29 is 9.47 Å². The van der Waals surface area contributed by atoms with E-state index in [2.05, 4.69) is 15.5 Å². The molecule has 96 valence electrons. The topological polar surface area (TPSA) is 62.1 Å². The zero-order valence-electron chi connectivity index (χ0n) is 10.2. The molecule has 1 aromatic heterocycles. The molecule has 18 heavy (non-hydrogen) atoms. The molecule has 0 spiro atoms. The predicted octanol–water partition coefficient (Wildman–Crippen LogP) is 1.37. The van der Waals surface area contributed by atoms with E-state index >= 15 is 0 Å². The lowest BCUT2D eigenvalue weighted by Gasteiger charge is -2.11. The van der Waals surface area contributed by atoms with Crippen LogP contribution in [-0.2, 0) is 9.47 Å². The summed E-state index contributed by atoms with van der Waals surface area (Å²) in [6.45, 7) is 0. The second-order valence-electron chi connectivity index (χ2n) is 3.42. The average Bonchev–Trinajstić information content (AvgIpc) is 2.89. The Kier molecular flexibility index (Phi) is 4.68. The number of hydrogen-bond donors (Lipinski definition) is 0. The minimum Gasteiger partial charge on any atom is -0.355 e. The van der Waals surface area contributed by atoms with E-state index in [1.54, 1.807) is 18.9 Å². The monoisotopic (exact) mass is 266 g/mol. The van der Waals surface area contributed by atoms with Crippen molar-refractivity contribution in [2.45, 2.75) is 11.4 Å². The summed E-state index contributed by atoms with van der Waals surface area (Å²) in [4.78, 5) is 0. The first kappa shape index (κ1) is 13.0. The van der Waals surface area contributed by atoms with E-state index in [9.17, 15) is 0 Å². The number of rotatable bonds is 6. The molecule has 2 aromatic rings. The molecule has 0 radical (unpaired) electrons. The molecule has 0 fully saturated rings. The Balaban J connectivity index is 2.09. The number of nitrogens with zero attached hydrogens (tertiary/aromatic N) is 4. The Hall–Kier alpha value is -1.44. The normalized spacial score (nSPS) is 11.1. The van der Waals surface area contributed by atoms with Gasteiger partial charge in [-0.15, -0.1) is 5.10 Å². The van der Waals surface area contributed by atoms with Crippen molar-refractivity contribution in [3.8, 4) is 5.69 Å². The van der Waals surface area contributed by atoms with E-state index in [0.29, 0.717) is 10.9 Å². The van der Waals surface area contributed by atoms with Gasteiger partial charge < -0.3 is 9.47 Å². The first-order valence-electron chi connectivity index (χ1n) is 5.37. The van der Waals surface area contributed by atoms with Crippen LogP contribution in [0.15, 0.2) is 35.5 Å². The Morgan fingerprint density at radius 3 is 2.61 bits per heavy atom. The van der Waals surface area contributed by atoms with Crippen LogP contribution in [0.25, 0.3) is 5.69 Å². The van der Waals surface area contributed by atoms with E-state index in [0.717, 1.165) is 5.69 Å². The third-order valence-electron chi connectivity index (χ3n) is 2.32. The van der Waals surface area contributed by atoms with Gasteiger partial charge in [-0.2, -0.15) is 4.68 Å². The Bertz CT molecular complexity index is 473. The SMILES string of the molecule is COC(CSc1nnnn1-c1ccccc1)OC. The minimum atomic E-state index is -0.268. The summed E-state index contributed by atoms with van der Waals surface area (Å²) in [6, 6.07) is 9.73. The van der Waals surface area contributed by atoms with Crippen molar-refractivity contribution >= 4 is 11.8 Å². The molecule has 0 atom stereocenters. The van der Waals surface area contributed by atoms with Gasteiger partial charge in [0.2, 0.25) is 5.16 Å². The number of tetrazole rings is 1. The molecule has 0 aliphatic rings. The Morgan fingerprint density at radius 1 is 1.22 bits per heavy atom. The molecule has 0 saturated carbocycles. The highest BCUT2D eigenvalue weighted by Gasteiger charge is 2.12. The van der Waals surface area contributed by atoms with Gasteiger partial charge in [-0.1, -0.05) is 30.0 Å². The van der Waals surface area contributed by atoms with Crippen LogP contribution in [0.1, 0.15) is 0 Å². The summed E-state index contributed by atoms with van der Waals surface area (Å²) >= 11 is 1.48. The van der Waals surface area contributed by atoms with Crippen LogP contribution in [0.4, 0.5) is 0 Å². The second-order valence-corrected chi connectivity index (χ2v) is 4.41. The summed E-state index contributed by atoms with van der Waals surface area (Å²) in [5, 5.41) is 12.4. The van der Waals surface area contributed by atoms with Crippen molar-refractivity contribution in [1.82, 2.24) is 20.2 Å². The summed E-state index contributed by atoms with van der Waals surface area (Å²) in [6.07, 6.45) is -0.268. The van der Waals surface area contributed by atoms with Crippen LogP contribution < -0.4 is 0 Å². The van der Waals surface area contributed by atoms with Gasteiger partial charge >= 0.3 is 0 Å². The molecule has 0 aliphatic carbocycles. The highest BCUT2D eigenvalue weighted by atomic mass is 32.2. The van der Waals surface area contributed by atoms with Crippen molar-refractivity contribution in [2.24, 2.45) is 0 Å². The number of ether oxygens (including phenoxy) is 2. The van der Waals surface area contributed by atoms with E-state index in [4.69, 9.17) is 9.47 Å². The van der Waals surface area contributed by atoms with E-state index < -0.39 is 0 Å². The molecule has 0 N–H and O–H groups in total. The fraction of sp³-hybridized carbons (Fsp3) is 0.364. The number of aromatic nitrogens is 4. The number of benzene rings is 1. The highest BCUT2D eigenvalue weighted by Crippen LogP contribution is 2.19. The zero-order chi connectivity index (χ0) is 12.8. The van der Waals surface area contributed by atoms with E-state index in [1.165, 1.54) is 11.8 Å².